The van der Waals surface area contributed by atoms with Gasteiger partial charge in [-0.15, -0.1) is 0 Å². The first kappa shape index (κ1) is 8.78. The SMILES string of the molecule is N#CC(c1ccco1)N1CCC(=O)N1. The van der Waals surface area contributed by atoms with Crippen molar-refractivity contribution >= 4 is 5.91 Å². The summed E-state index contributed by atoms with van der Waals surface area (Å²) in [6, 6.07) is 4.99. The third-order valence-electron chi connectivity index (χ3n) is 2.09. The first-order chi connectivity index (χ1) is 6.81. The number of furan rings is 1. The van der Waals surface area contributed by atoms with E-state index in [2.05, 4.69) is 11.5 Å². The van der Waals surface area contributed by atoms with E-state index in [9.17, 15) is 4.79 Å². The predicted octanol–water partition coefficient (Wildman–Crippen LogP) is 0.581. The van der Waals surface area contributed by atoms with Crippen LogP contribution in [-0.4, -0.2) is 17.5 Å². The molecule has 1 atom stereocenters. The summed E-state index contributed by atoms with van der Waals surface area (Å²) in [7, 11) is 0. The third kappa shape index (κ3) is 1.47. The molecule has 5 nitrogen and oxygen atoms in total. The van der Waals surface area contributed by atoms with Gasteiger partial charge in [0, 0.05) is 13.0 Å². The first-order valence-electron chi connectivity index (χ1n) is 4.30. The summed E-state index contributed by atoms with van der Waals surface area (Å²) in [5.41, 5.74) is 2.61. The lowest BCUT2D eigenvalue weighted by atomic mass is 10.2. The second-order valence-electron chi connectivity index (χ2n) is 3.03. The van der Waals surface area contributed by atoms with Crippen LogP contribution in [0.4, 0.5) is 0 Å². The van der Waals surface area contributed by atoms with E-state index in [0.717, 1.165) is 0 Å². The molecule has 2 rings (SSSR count). The van der Waals surface area contributed by atoms with Gasteiger partial charge in [-0.05, 0) is 12.1 Å². The summed E-state index contributed by atoms with van der Waals surface area (Å²) < 4.78 is 5.12. The fourth-order valence-corrected chi connectivity index (χ4v) is 1.42. The Morgan fingerprint density at radius 1 is 1.71 bits per heavy atom. The normalized spacial score (nSPS) is 18.9. The van der Waals surface area contributed by atoms with Crippen molar-refractivity contribution in [3.63, 3.8) is 0 Å². The van der Waals surface area contributed by atoms with Crippen LogP contribution in [0.2, 0.25) is 0 Å². The predicted molar refractivity (Wildman–Crippen MR) is 46.5 cm³/mol. The van der Waals surface area contributed by atoms with Crippen LogP contribution in [-0.2, 0) is 4.79 Å². The average Bonchev–Trinajstić information content (AvgIpc) is 2.79. The van der Waals surface area contributed by atoms with Crippen molar-refractivity contribution < 1.29 is 9.21 Å². The number of nitrogens with one attached hydrogen (secondary N) is 1. The Morgan fingerprint density at radius 2 is 2.57 bits per heavy atom. The van der Waals surface area contributed by atoms with Gasteiger partial charge in [-0.2, -0.15) is 10.3 Å². The van der Waals surface area contributed by atoms with E-state index >= 15 is 0 Å². The molecular formula is C9H9N3O2. The number of amides is 1. The minimum absolute atomic E-state index is 0.0585. The minimum Gasteiger partial charge on any atom is -0.466 e. The van der Waals surface area contributed by atoms with Crippen LogP contribution in [0.1, 0.15) is 18.2 Å². The van der Waals surface area contributed by atoms with E-state index in [1.165, 1.54) is 6.26 Å². The van der Waals surface area contributed by atoms with Crippen LogP contribution in [0, 0.1) is 11.3 Å². The molecule has 1 unspecified atom stereocenters. The Labute approximate surface area is 80.9 Å². The summed E-state index contributed by atoms with van der Waals surface area (Å²) in [5.74, 6) is 0.492. The summed E-state index contributed by atoms with van der Waals surface area (Å²) in [5, 5.41) is 10.5. The molecule has 1 saturated heterocycles. The fraction of sp³-hybridized carbons (Fsp3) is 0.333. The van der Waals surface area contributed by atoms with Crippen LogP contribution in [0.25, 0.3) is 0 Å². The van der Waals surface area contributed by atoms with Crippen LogP contribution >= 0.6 is 0 Å². The number of nitrogens with zero attached hydrogens (tertiary/aromatic N) is 2. The largest absolute Gasteiger partial charge is 0.466 e. The van der Waals surface area contributed by atoms with E-state index in [0.29, 0.717) is 18.7 Å². The number of hydrazine groups is 1. The Morgan fingerprint density at radius 3 is 3.07 bits per heavy atom. The lowest BCUT2D eigenvalue weighted by Crippen LogP contribution is -2.35. The van der Waals surface area contributed by atoms with E-state index in [1.54, 1.807) is 17.1 Å². The molecule has 2 heterocycles. The number of carbonyl (C=O) groups is 1. The second-order valence-corrected chi connectivity index (χ2v) is 3.03. The van der Waals surface area contributed by atoms with Crippen LogP contribution < -0.4 is 5.43 Å². The monoisotopic (exact) mass is 191 g/mol. The van der Waals surface area contributed by atoms with Crippen molar-refractivity contribution in [3.8, 4) is 6.07 Å². The lowest BCUT2D eigenvalue weighted by molar-refractivity contribution is -0.121. The van der Waals surface area contributed by atoms with E-state index in [4.69, 9.17) is 9.68 Å². The average molecular weight is 191 g/mol. The Kier molecular flexibility index (Phi) is 2.21. The molecule has 1 amide bonds. The highest BCUT2D eigenvalue weighted by Crippen LogP contribution is 2.20. The molecule has 72 valence electrons. The van der Waals surface area contributed by atoms with Crippen molar-refractivity contribution in [1.82, 2.24) is 10.4 Å². The maximum absolute atomic E-state index is 11.0. The molecule has 0 bridgehead atoms. The molecular weight excluding hydrogens is 182 g/mol. The highest BCUT2D eigenvalue weighted by atomic mass is 16.3. The number of nitriles is 1. The van der Waals surface area contributed by atoms with Gasteiger partial charge >= 0.3 is 0 Å². The molecule has 0 aliphatic carbocycles. The van der Waals surface area contributed by atoms with Crippen LogP contribution in [0.15, 0.2) is 22.8 Å². The number of hydrogen-bond acceptors (Lipinski definition) is 4. The summed E-state index contributed by atoms with van der Waals surface area (Å²) in [6.07, 6.45) is 1.94. The van der Waals surface area contributed by atoms with Crippen molar-refractivity contribution in [2.45, 2.75) is 12.5 Å². The van der Waals surface area contributed by atoms with Crippen molar-refractivity contribution in [3.05, 3.63) is 24.2 Å². The van der Waals surface area contributed by atoms with Gasteiger partial charge in [0.15, 0.2) is 6.04 Å². The van der Waals surface area contributed by atoms with Crippen molar-refractivity contribution in [2.75, 3.05) is 6.54 Å². The molecule has 1 aromatic rings. The smallest absolute Gasteiger partial charge is 0.235 e. The van der Waals surface area contributed by atoms with E-state index < -0.39 is 6.04 Å². The number of hydrogen-bond donors (Lipinski definition) is 1. The van der Waals surface area contributed by atoms with Gasteiger partial charge in [-0.3, -0.25) is 10.2 Å². The zero-order valence-corrected chi connectivity index (χ0v) is 7.43. The summed E-state index contributed by atoms with van der Waals surface area (Å²) in [4.78, 5) is 11.0. The van der Waals surface area contributed by atoms with Crippen LogP contribution in [0.5, 0.6) is 0 Å². The molecule has 1 N–H and O–H groups in total. The Hall–Kier alpha value is -1.80. The molecule has 0 saturated carbocycles. The minimum atomic E-state index is -0.531. The molecule has 0 radical (unpaired) electrons. The number of carbonyl (C=O) groups excluding carboxylic acids is 1. The van der Waals surface area contributed by atoms with Crippen molar-refractivity contribution in [2.24, 2.45) is 0 Å². The zero-order chi connectivity index (χ0) is 9.97. The van der Waals surface area contributed by atoms with Crippen LogP contribution in [0.3, 0.4) is 0 Å². The second kappa shape index (κ2) is 3.52. The molecule has 1 aromatic heterocycles. The first-order valence-corrected chi connectivity index (χ1v) is 4.30. The zero-order valence-electron chi connectivity index (χ0n) is 7.43. The molecule has 5 heteroatoms. The van der Waals surface area contributed by atoms with Gasteiger partial charge in [0.1, 0.15) is 5.76 Å². The molecule has 14 heavy (non-hydrogen) atoms. The maximum Gasteiger partial charge on any atom is 0.235 e. The fourth-order valence-electron chi connectivity index (χ4n) is 1.42. The molecule has 0 aromatic carbocycles. The topological polar surface area (TPSA) is 69.3 Å². The highest BCUT2D eigenvalue weighted by molar-refractivity contribution is 5.77. The van der Waals surface area contributed by atoms with E-state index in [-0.39, 0.29) is 5.91 Å². The summed E-state index contributed by atoms with van der Waals surface area (Å²) in [6.45, 7) is 0.539. The van der Waals surface area contributed by atoms with Gasteiger partial charge in [-0.25, -0.2) is 0 Å². The van der Waals surface area contributed by atoms with Gasteiger partial charge in [0.05, 0.1) is 12.3 Å². The van der Waals surface area contributed by atoms with Crippen molar-refractivity contribution in [1.29, 1.82) is 5.26 Å². The van der Waals surface area contributed by atoms with Gasteiger partial charge in [0.2, 0.25) is 5.91 Å². The molecule has 1 fully saturated rings. The Balaban J connectivity index is 2.15. The standard InChI is InChI=1S/C9H9N3O2/c10-6-7(8-2-1-5-14-8)12-4-3-9(13)11-12/h1-2,5,7H,3-4H2,(H,11,13). The van der Waals surface area contributed by atoms with Gasteiger partial charge < -0.3 is 4.42 Å². The summed E-state index contributed by atoms with van der Waals surface area (Å²) >= 11 is 0. The molecule has 0 spiro atoms. The Bertz CT molecular complexity index is 366. The van der Waals surface area contributed by atoms with E-state index in [1.807, 2.05) is 0 Å². The number of rotatable bonds is 2. The molecule has 1 aliphatic heterocycles. The molecule has 1 aliphatic rings. The lowest BCUT2D eigenvalue weighted by Gasteiger charge is -2.18. The highest BCUT2D eigenvalue weighted by Gasteiger charge is 2.28. The maximum atomic E-state index is 11.0. The van der Waals surface area contributed by atoms with Gasteiger partial charge in [0.25, 0.3) is 0 Å². The quantitative estimate of drug-likeness (QED) is 0.742. The van der Waals surface area contributed by atoms with Gasteiger partial charge in [-0.1, -0.05) is 0 Å². The third-order valence-corrected chi connectivity index (χ3v) is 2.09.